The molecule has 0 bridgehead atoms. The summed E-state index contributed by atoms with van der Waals surface area (Å²) in [5.41, 5.74) is 0. The maximum absolute atomic E-state index is 11.5. The highest BCUT2D eigenvalue weighted by Crippen LogP contribution is 2.25. The number of thioether (sulfide) groups is 1. The summed E-state index contributed by atoms with van der Waals surface area (Å²) in [6.45, 7) is 1.82. The highest BCUT2D eigenvalue weighted by Gasteiger charge is 2.16. The van der Waals surface area contributed by atoms with E-state index in [-0.39, 0.29) is 0 Å². The Hall–Kier alpha value is -0.420. The first-order valence-corrected chi connectivity index (χ1v) is 6.47. The summed E-state index contributed by atoms with van der Waals surface area (Å²) < 4.78 is 0. The van der Waals surface area contributed by atoms with Gasteiger partial charge in [0, 0.05) is 19.3 Å². The zero-order valence-corrected chi connectivity index (χ0v) is 9.66. The summed E-state index contributed by atoms with van der Waals surface area (Å²) in [7, 11) is 0. The highest BCUT2D eigenvalue weighted by atomic mass is 32.2. The number of carbonyl (C=O) groups excluding carboxylic acids is 1. The van der Waals surface area contributed by atoms with Crippen LogP contribution in [0.3, 0.4) is 0 Å². The fourth-order valence-electron chi connectivity index (χ4n) is 1.70. The average molecular weight is 210 g/mol. The van der Waals surface area contributed by atoms with Gasteiger partial charge in [-0.05, 0) is 37.2 Å². The van der Waals surface area contributed by atoms with E-state index in [1.165, 1.54) is 24.3 Å². The van der Waals surface area contributed by atoms with Crippen molar-refractivity contribution in [1.82, 2.24) is 0 Å². The van der Waals surface area contributed by atoms with Crippen molar-refractivity contribution in [3.8, 4) is 11.8 Å². The molecular formula is C12H18OS. The van der Waals surface area contributed by atoms with Crippen molar-refractivity contribution in [2.75, 3.05) is 11.5 Å². The second-order valence-electron chi connectivity index (χ2n) is 3.73. The Bertz CT molecular complexity index is 230. The van der Waals surface area contributed by atoms with E-state index in [1.54, 1.807) is 0 Å². The van der Waals surface area contributed by atoms with Gasteiger partial charge in [0.15, 0.2) is 0 Å². The summed E-state index contributed by atoms with van der Waals surface area (Å²) >= 11 is 2.01. The van der Waals surface area contributed by atoms with Crippen LogP contribution in [0.15, 0.2) is 0 Å². The van der Waals surface area contributed by atoms with Crippen LogP contribution in [0.5, 0.6) is 0 Å². The maximum Gasteiger partial charge on any atom is 0.134 e. The second kappa shape index (κ2) is 6.95. The molecule has 0 aliphatic carbocycles. The fraction of sp³-hybridized carbons (Fsp3) is 0.750. The molecule has 0 aromatic heterocycles. The van der Waals surface area contributed by atoms with Crippen LogP contribution in [-0.2, 0) is 4.79 Å². The van der Waals surface area contributed by atoms with Crippen LogP contribution in [0.1, 0.15) is 39.0 Å². The molecule has 1 nitrogen and oxygen atoms in total. The molecule has 1 aliphatic rings. The first-order valence-electron chi connectivity index (χ1n) is 5.32. The van der Waals surface area contributed by atoms with Crippen LogP contribution in [-0.4, -0.2) is 17.3 Å². The quantitative estimate of drug-likeness (QED) is 0.664. The lowest BCUT2D eigenvalue weighted by molar-refractivity contribution is -0.119. The van der Waals surface area contributed by atoms with Gasteiger partial charge in [0.05, 0.1) is 0 Å². The van der Waals surface area contributed by atoms with Crippen molar-refractivity contribution in [1.29, 1.82) is 0 Å². The van der Waals surface area contributed by atoms with E-state index in [1.807, 2.05) is 18.7 Å². The predicted octanol–water partition coefficient (Wildman–Crippen LogP) is 2.89. The molecule has 1 fully saturated rings. The van der Waals surface area contributed by atoms with E-state index in [4.69, 9.17) is 0 Å². The molecule has 1 aliphatic heterocycles. The van der Waals surface area contributed by atoms with Gasteiger partial charge in [-0.3, -0.25) is 4.79 Å². The maximum atomic E-state index is 11.5. The summed E-state index contributed by atoms with van der Waals surface area (Å²) in [6, 6.07) is 0. The van der Waals surface area contributed by atoms with Gasteiger partial charge < -0.3 is 0 Å². The zero-order valence-electron chi connectivity index (χ0n) is 8.84. The average Bonchev–Trinajstić information content (AvgIpc) is 2.20. The third-order valence-electron chi connectivity index (χ3n) is 2.56. The first-order chi connectivity index (χ1) is 6.83. The Kier molecular flexibility index (Phi) is 5.78. The van der Waals surface area contributed by atoms with Crippen LogP contribution in [0.2, 0.25) is 0 Å². The smallest absolute Gasteiger partial charge is 0.134 e. The van der Waals surface area contributed by atoms with E-state index in [2.05, 4.69) is 11.8 Å². The van der Waals surface area contributed by atoms with Crippen molar-refractivity contribution in [3.63, 3.8) is 0 Å². The zero-order chi connectivity index (χ0) is 10.2. The molecule has 1 heterocycles. The summed E-state index contributed by atoms with van der Waals surface area (Å²) in [6.07, 6.45) is 4.67. The molecule has 1 rings (SSSR count). The Morgan fingerprint density at radius 2 is 2.14 bits per heavy atom. The van der Waals surface area contributed by atoms with Gasteiger partial charge in [0.1, 0.15) is 5.78 Å². The van der Waals surface area contributed by atoms with Crippen LogP contribution < -0.4 is 0 Å². The van der Waals surface area contributed by atoms with Gasteiger partial charge in [-0.2, -0.15) is 11.8 Å². The lowest BCUT2D eigenvalue weighted by atomic mass is 9.95. The third-order valence-corrected chi connectivity index (χ3v) is 3.61. The van der Waals surface area contributed by atoms with E-state index < -0.39 is 0 Å². The molecule has 0 aromatic carbocycles. The van der Waals surface area contributed by atoms with E-state index in [0.717, 1.165) is 12.8 Å². The molecule has 0 saturated carbocycles. The minimum Gasteiger partial charge on any atom is -0.300 e. The molecule has 0 spiro atoms. The number of hydrogen-bond acceptors (Lipinski definition) is 2. The topological polar surface area (TPSA) is 17.1 Å². The first kappa shape index (κ1) is 11.7. The van der Waals surface area contributed by atoms with Crippen molar-refractivity contribution >= 4 is 17.5 Å². The molecule has 0 aromatic rings. The molecule has 0 atom stereocenters. The summed E-state index contributed by atoms with van der Waals surface area (Å²) in [5.74, 6) is 9.32. The molecule has 0 unspecified atom stereocenters. The van der Waals surface area contributed by atoms with Gasteiger partial charge in [0.2, 0.25) is 0 Å². The number of ketones is 1. The highest BCUT2D eigenvalue weighted by molar-refractivity contribution is 7.99. The standard InChI is InChI=1S/C12H18OS/c1-2-3-4-5-12(13)10-11-6-8-14-9-7-11/h11H,4-10H2,1H3. The lowest BCUT2D eigenvalue weighted by Crippen LogP contribution is -2.14. The van der Waals surface area contributed by atoms with Crippen molar-refractivity contribution in [2.45, 2.75) is 39.0 Å². The molecular weight excluding hydrogens is 192 g/mol. The van der Waals surface area contributed by atoms with Gasteiger partial charge in [0.25, 0.3) is 0 Å². The number of rotatable bonds is 4. The van der Waals surface area contributed by atoms with Crippen LogP contribution in [0, 0.1) is 17.8 Å². The summed E-state index contributed by atoms with van der Waals surface area (Å²) in [5, 5.41) is 0. The molecule has 1 saturated heterocycles. The van der Waals surface area contributed by atoms with E-state index >= 15 is 0 Å². The number of Topliss-reactive ketones (excluding diaryl/α,β-unsaturated/α-hetero) is 1. The summed E-state index contributed by atoms with van der Waals surface area (Å²) in [4.78, 5) is 11.5. The molecule has 14 heavy (non-hydrogen) atoms. The van der Waals surface area contributed by atoms with Crippen LogP contribution in [0.25, 0.3) is 0 Å². The molecule has 0 radical (unpaired) electrons. The number of carbonyl (C=O) groups is 1. The Morgan fingerprint density at radius 3 is 2.79 bits per heavy atom. The molecule has 0 amide bonds. The van der Waals surface area contributed by atoms with Gasteiger partial charge in [-0.1, -0.05) is 0 Å². The van der Waals surface area contributed by atoms with Crippen LogP contribution in [0.4, 0.5) is 0 Å². The lowest BCUT2D eigenvalue weighted by Gasteiger charge is -2.20. The Labute approximate surface area is 91.0 Å². The minimum absolute atomic E-state index is 0.407. The normalized spacial score (nSPS) is 17.2. The SMILES string of the molecule is CC#CCCC(=O)CC1CCSCC1. The third kappa shape index (κ3) is 4.72. The van der Waals surface area contributed by atoms with Crippen molar-refractivity contribution in [2.24, 2.45) is 5.92 Å². The minimum atomic E-state index is 0.407. The van der Waals surface area contributed by atoms with Gasteiger partial charge in [-0.25, -0.2) is 0 Å². The Balaban J connectivity index is 2.14. The van der Waals surface area contributed by atoms with Crippen molar-refractivity contribution < 1.29 is 4.79 Å². The second-order valence-corrected chi connectivity index (χ2v) is 4.95. The predicted molar refractivity (Wildman–Crippen MR) is 62.4 cm³/mol. The molecule has 2 heteroatoms. The van der Waals surface area contributed by atoms with Crippen molar-refractivity contribution in [3.05, 3.63) is 0 Å². The van der Waals surface area contributed by atoms with E-state index in [0.29, 0.717) is 18.1 Å². The Morgan fingerprint density at radius 1 is 1.43 bits per heavy atom. The van der Waals surface area contributed by atoms with Crippen LogP contribution >= 0.6 is 11.8 Å². The van der Waals surface area contributed by atoms with Gasteiger partial charge in [-0.15, -0.1) is 11.8 Å². The largest absolute Gasteiger partial charge is 0.300 e. The number of hydrogen-bond donors (Lipinski definition) is 0. The van der Waals surface area contributed by atoms with Gasteiger partial charge >= 0.3 is 0 Å². The van der Waals surface area contributed by atoms with E-state index in [9.17, 15) is 4.79 Å². The fourth-order valence-corrected chi connectivity index (χ4v) is 2.91. The molecule has 78 valence electrons. The monoisotopic (exact) mass is 210 g/mol. The molecule has 0 N–H and O–H groups in total.